The SMILES string of the molecule is Cn1c(Cc2ccccc2)nnc1SCC(=O)Nc1cc(-c2ccccc2)nn1-c1ccccc1. The molecule has 0 aliphatic carbocycles. The summed E-state index contributed by atoms with van der Waals surface area (Å²) in [6.45, 7) is 0. The highest BCUT2D eigenvalue weighted by Crippen LogP contribution is 2.25. The second kappa shape index (κ2) is 10.4. The molecule has 5 rings (SSSR count). The van der Waals surface area contributed by atoms with Gasteiger partial charge < -0.3 is 9.88 Å². The largest absolute Gasteiger partial charge is 0.310 e. The van der Waals surface area contributed by atoms with Gasteiger partial charge in [-0.15, -0.1) is 10.2 Å². The monoisotopic (exact) mass is 480 g/mol. The Kier molecular flexibility index (Phi) is 6.72. The number of carbonyl (C=O) groups is 1. The van der Waals surface area contributed by atoms with E-state index < -0.39 is 0 Å². The van der Waals surface area contributed by atoms with Gasteiger partial charge in [0.05, 0.1) is 17.1 Å². The lowest BCUT2D eigenvalue weighted by Crippen LogP contribution is -2.17. The van der Waals surface area contributed by atoms with E-state index >= 15 is 0 Å². The summed E-state index contributed by atoms with van der Waals surface area (Å²) in [6.07, 6.45) is 0.690. The van der Waals surface area contributed by atoms with Gasteiger partial charge in [-0.25, -0.2) is 4.68 Å². The average Bonchev–Trinajstić information content (AvgIpc) is 3.48. The number of para-hydroxylation sites is 1. The molecule has 0 unspecified atom stereocenters. The Morgan fingerprint density at radius 2 is 1.54 bits per heavy atom. The maximum absolute atomic E-state index is 12.9. The molecule has 0 radical (unpaired) electrons. The molecule has 3 aromatic carbocycles. The van der Waals surface area contributed by atoms with Gasteiger partial charge in [-0.05, 0) is 17.7 Å². The van der Waals surface area contributed by atoms with Crippen molar-refractivity contribution in [2.45, 2.75) is 11.6 Å². The fourth-order valence-corrected chi connectivity index (χ4v) is 4.43. The fraction of sp³-hybridized carbons (Fsp3) is 0.111. The van der Waals surface area contributed by atoms with Crippen molar-refractivity contribution in [1.29, 1.82) is 0 Å². The third-order valence-corrected chi connectivity index (χ3v) is 6.53. The third kappa shape index (κ3) is 5.33. The van der Waals surface area contributed by atoms with Gasteiger partial charge >= 0.3 is 0 Å². The minimum atomic E-state index is -0.140. The van der Waals surface area contributed by atoms with E-state index in [9.17, 15) is 4.79 Å². The second-order valence-corrected chi connectivity index (χ2v) is 8.93. The molecule has 0 bridgehead atoms. The van der Waals surface area contributed by atoms with Crippen LogP contribution in [0.4, 0.5) is 5.82 Å². The van der Waals surface area contributed by atoms with Gasteiger partial charge in [0, 0.05) is 25.1 Å². The summed E-state index contributed by atoms with van der Waals surface area (Å²) >= 11 is 1.36. The number of nitrogens with one attached hydrogen (secondary N) is 1. The molecule has 1 amide bonds. The Morgan fingerprint density at radius 3 is 2.26 bits per heavy atom. The van der Waals surface area contributed by atoms with Gasteiger partial charge in [0.1, 0.15) is 11.6 Å². The molecule has 0 saturated heterocycles. The number of carbonyl (C=O) groups excluding carboxylic acids is 1. The number of hydrogen-bond acceptors (Lipinski definition) is 5. The number of thioether (sulfide) groups is 1. The van der Waals surface area contributed by atoms with Crippen LogP contribution in [0.25, 0.3) is 16.9 Å². The lowest BCUT2D eigenvalue weighted by molar-refractivity contribution is -0.113. The van der Waals surface area contributed by atoms with Crippen LogP contribution < -0.4 is 5.32 Å². The molecule has 0 atom stereocenters. The first kappa shape index (κ1) is 22.6. The molecule has 2 aromatic heterocycles. The van der Waals surface area contributed by atoms with Gasteiger partial charge in [-0.3, -0.25) is 4.79 Å². The van der Waals surface area contributed by atoms with Crippen molar-refractivity contribution in [3.8, 4) is 16.9 Å². The van der Waals surface area contributed by atoms with Gasteiger partial charge in [0.2, 0.25) is 5.91 Å². The first-order valence-corrected chi connectivity index (χ1v) is 12.2. The van der Waals surface area contributed by atoms with E-state index in [1.54, 1.807) is 4.68 Å². The Morgan fingerprint density at radius 1 is 0.886 bits per heavy atom. The number of benzene rings is 3. The summed E-state index contributed by atoms with van der Waals surface area (Å²) < 4.78 is 3.69. The van der Waals surface area contributed by atoms with Crippen LogP contribution in [0.2, 0.25) is 0 Å². The average molecular weight is 481 g/mol. The molecular weight excluding hydrogens is 456 g/mol. The zero-order chi connectivity index (χ0) is 24.0. The van der Waals surface area contributed by atoms with E-state index in [4.69, 9.17) is 5.10 Å². The molecule has 0 fully saturated rings. The van der Waals surface area contributed by atoms with Gasteiger partial charge in [-0.2, -0.15) is 5.10 Å². The number of rotatable bonds is 8. The molecule has 0 saturated carbocycles. The van der Waals surface area contributed by atoms with Crippen molar-refractivity contribution in [3.63, 3.8) is 0 Å². The maximum atomic E-state index is 12.9. The highest BCUT2D eigenvalue weighted by molar-refractivity contribution is 7.99. The van der Waals surface area contributed by atoms with Crippen LogP contribution in [0.5, 0.6) is 0 Å². The van der Waals surface area contributed by atoms with E-state index in [1.807, 2.05) is 96.5 Å². The topological polar surface area (TPSA) is 77.6 Å². The molecule has 0 spiro atoms. The maximum Gasteiger partial charge on any atom is 0.236 e. The normalized spacial score (nSPS) is 10.9. The number of amides is 1. The van der Waals surface area contributed by atoms with Gasteiger partial charge in [0.25, 0.3) is 0 Å². The fourth-order valence-electron chi connectivity index (χ4n) is 3.70. The molecule has 7 nitrogen and oxygen atoms in total. The molecule has 8 heteroatoms. The van der Waals surface area contributed by atoms with Crippen molar-refractivity contribution < 1.29 is 4.79 Å². The molecule has 35 heavy (non-hydrogen) atoms. The van der Waals surface area contributed by atoms with Crippen molar-refractivity contribution in [2.24, 2.45) is 7.05 Å². The second-order valence-electron chi connectivity index (χ2n) is 7.99. The number of nitrogens with zero attached hydrogens (tertiary/aromatic N) is 5. The minimum Gasteiger partial charge on any atom is -0.310 e. The van der Waals surface area contributed by atoms with E-state index in [-0.39, 0.29) is 11.7 Å². The summed E-state index contributed by atoms with van der Waals surface area (Å²) in [6, 6.07) is 31.7. The Hall–Kier alpha value is -4.17. The smallest absolute Gasteiger partial charge is 0.236 e. The molecule has 2 heterocycles. The highest BCUT2D eigenvalue weighted by atomic mass is 32.2. The Balaban J connectivity index is 1.30. The summed E-state index contributed by atoms with van der Waals surface area (Å²) in [7, 11) is 1.93. The van der Waals surface area contributed by atoms with Gasteiger partial charge in [-0.1, -0.05) is 90.6 Å². The van der Waals surface area contributed by atoms with Crippen molar-refractivity contribution in [1.82, 2.24) is 24.5 Å². The number of aromatic nitrogens is 5. The first-order chi connectivity index (χ1) is 17.2. The van der Waals surface area contributed by atoms with Crippen LogP contribution in [0, 0.1) is 0 Å². The summed E-state index contributed by atoms with van der Waals surface area (Å²) in [5.41, 5.74) is 3.81. The third-order valence-electron chi connectivity index (χ3n) is 5.51. The molecule has 0 aliphatic heterocycles. The zero-order valence-corrected chi connectivity index (χ0v) is 20.0. The van der Waals surface area contributed by atoms with E-state index in [2.05, 4.69) is 27.6 Å². The molecule has 5 aromatic rings. The molecule has 174 valence electrons. The van der Waals surface area contributed by atoms with Crippen LogP contribution in [0.3, 0.4) is 0 Å². The van der Waals surface area contributed by atoms with Crippen LogP contribution in [0.1, 0.15) is 11.4 Å². The summed E-state index contributed by atoms with van der Waals surface area (Å²) in [5, 5.41) is 17.1. The van der Waals surface area contributed by atoms with Crippen LogP contribution in [0.15, 0.2) is 102 Å². The molecular formula is C27H24N6OS. The standard InChI is InChI=1S/C27H24N6OS/c1-32-25(17-20-11-5-2-6-12-20)29-30-27(32)35-19-26(34)28-24-18-23(21-13-7-3-8-14-21)31-33(24)22-15-9-4-10-16-22/h2-16,18H,17,19H2,1H3,(H,28,34). The lowest BCUT2D eigenvalue weighted by atomic mass is 10.1. The van der Waals surface area contributed by atoms with Crippen LogP contribution in [-0.4, -0.2) is 36.2 Å². The quantitative estimate of drug-likeness (QED) is 0.317. The minimum absolute atomic E-state index is 0.140. The Bertz CT molecular complexity index is 1410. The van der Waals surface area contributed by atoms with Crippen LogP contribution in [-0.2, 0) is 18.3 Å². The predicted molar refractivity (Wildman–Crippen MR) is 139 cm³/mol. The van der Waals surface area contributed by atoms with Crippen LogP contribution >= 0.6 is 11.8 Å². The summed E-state index contributed by atoms with van der Waals surface area (Å²) in [5.74, 6) is 1.54. The number of anilines is 1. The zero-order valence-electron chi connectivity index (χ0n) is 19.2. The van der Waals surface area contributed by atoms with E-state index in [0.29, 0.717) is 17.4 Å². The molecule has 1 N–H and O–H groups in total. The van der Waals surface area contributed by atoms with Gasteiger partial charge in [0.15, 0.2) is 5.16 Å². The first-order valence-electron chi connectivity index (χ1n) is 11.2. The summed E-state index contributed by atoms with van der Waals surface area (Å²) in [4.78, 5) is 12.9. The van der Waals surface area contributed by atoms with E-state index in [0.717, 1.165) is 22.8 Å². The van der Waals surface area contributed by atoms with E-state index in [1.165, 1.54) is 17.3 Å². The number of hydrogen-bond donors (Lipinski definition) is 1. The van der Waals surface area contributed by atoms with Crippen molar-refractivity contribution in [3.05, 3.63) is 108 Å². The molecule has 0 aliphatic rings. The predicted octanol–water partition coefficient (Wildman–Crippen LogP) is 4.99. The lowest BCUT2D eigenvalue weighted by Gasteiger charge is -2.09. The Labute approximate surface area is 207 Å². The highest BCUT2D eigenvalue weighted by Gasteiger charge is 2.16. The van der Waals surface area contributed by atoms with Crippen molar-refractivity contribution >= 4 is 23.5 Å². The van der Waals surface area contributed by atoms with Crippen molar-refractivity contribution in [2.75, 3.05) is 11.1 Å².